The van der Waals surface area contributed by atoms with Crippen LogP contribution in [0.5, 0.6) is 0 Å². The zero-order chi connectivity index (χ0) is 13.2. The maximum absolute atomic E-state index is 12.7. The third-order valence-corrected chi connectivity index (χ3v) is 5.08. The number of aromatic nitrogens is 1. The lowest BCUT2D eigenvalue weighted by molar-refractivity contribution is 0.0763. The monoisotopic (exact) mass is 274 g/mol. The average molecular weight is 274 g/mol. The Morgan fingerprint density at radius 3 is 3.21 bits per heavy atom. The van der Waals surface area contributed by atoms with Crippen LogP contribution in [0.4, 0.5) is 0 Å². The van der Waals surface area contributed by atoms with Gasteiger partial charge in [-0.2, -0.15) is 11.8 Å². The molecule has 1 aliphatic heterocycles. The standard InChI is InChI=1S/C15H18N2OS/c1-2-11-10-17(8-9-19-11)15(18)13-4-3-5-14-12(13)6-7-16-14/h3-7,11,16H,2,8-10H2,1H3. The van der Waals surface area contributed by atoms with Crippen LogP contribution in [0.25, 0.3) is 10.9 Å². The van der Waals surface area contributed by atoms with Crippen LogP contribution in [-0.4, -0.2) is 39.9 Å². The Bertz CT molecular complexity index is 593. The highest BCUT2D eigenvalue weighted by molar-refractivity contribution is 8.00. The van der Waals surface area contributed by atoms with Crippen molar-refractivity contribution < 1.29 is 4.79 Å². The van der Waals surface area contributed by atoms with E-state index in [9.17, 15) is 4.79 Å². The molecule has 0 saturated carbocycles. The predicted molar refractivity (Wildman–Crippen MR) is 80.7 cm³/mol. The summed E-state index contributed by atoms with van der Waals surface area (Å²) in [7, 11) is 0. The van der Waals surface area contributed by atoms with E-state index in [1.807, 2.05) is 47.1 Å². The van der Waals surface area contributed by atoms with E-state index in [-0.39, 0.29) is 5.91 Å². The number of carbonyl (C=O) groups is 1. The van der Waals surface area contributed by atoms with Crippen molar-refractivity contribution in [1.29, 1.82) is 0 Å². The fraction of sp³-hybridized carbons (Fsp3) is 0.400. The van der Waals surface area contributed by atoms with Gasteiger partial charge in [0.15, 0.2) is 0 Å². The van der Waals surface area contributed by atoms with Crippen LogP contribution in [0.1, 0.15) is 23.7 Å². The van der Waals surface area contributed by atoms with Gasteiger partial charge >= 0.3 is 0 Å². The summed E-state index contributed by atoms with van der Waals surface area (Å²) >= 11 is 1.98. The molecule has 1 aliphatic rings. The molecule has 100 valence electrons. The molecular formula is C15H18N2OS. The number of thioether (sulfide) groups is 1. The van der Waals surface area contributed by atoms with Gasteiger partial charge in [0, 0.05) is 46.8 Å². The Hall–Kier alpha value is -1.42. The largest absolute Gasteiger partial charge is 0.361 e. The van der Waals surface area contributed by atoms with Crippen LogP contribution in [0.3, 0.4) is 0 Å². The van der Waals surface area contributed by atoms with Crippen molar-refractivity contribution in [2.45, 2.75) is 18.6 Å². The summed E-state index contributed by atoms with van der Waals surface area (Å²) in [5.41, 5.74) is 1.85. The van der Waals surface area contributed by atoms with Gasteiger partial charge in [0.05, 0.1) is 0 Å². The van der Waals surface area contributed by atoms with Gasteiger partial charge in [-0.15, -0.1) is 0 Å². The lowest BCUT2D eigenvalue weighted by Crippen LogP contribution is -2.41. The van der Waals surface area contributed by atoms with Gasteiger partial charge in [0.1, 0.15) is 0 Å². The maximum Gasteiger partial charge on any atom is 0.254 e. The van der Waals surface area contributed by atoms with Gasteiger partial charge in [-0.3, -0.25) is 4.79 Å². The number of hydrogen-bond donors (Lipinski definition) is 1. The third-order valence-electron chi connectivity index (χ3n) is 3.71. The summed E-state index contributed by atoms with van der Waals surface area (Å²) in [5.74, 6) is 1.22. The number of amides is 1. The quantitative estimate of drug-likeness (QED) is 0.913. The number of benzene rings is 1. The Kier molecular flexibility index (Phi) is 3.51. The van der Waals surface area contributed by atoms with E-state index in [2.05, 4.69) is 11.9 Å². The van der Waals surface area contributed by atoms with Gasteiger partial charge in [-0.05, 0) is 24.6 Å². The number of carbonyl (C=O) groups excluding carboxylic acids is 1. The molecule has 0 radical (unpaired) electrons. The van der Waals surface area contributed by atoms with Gasteiger partial charge in [-0.25, -0.2) is 0 Å². The van der Waals surface area contributed by atoms with E-state index in [0.29, 0.717) is 5.25 Å². The second kappa shape index (κ2) is 5.29. The first-order chi connectivity index (χ1) is 9.29. The summed E-state index contributed by atoms with van der Waals surface area (Å²) in [4.78, 5) is 17.8. The van der Waals surface area contributed by atoms with E-state index in [0.717, 1.165) is 41.7 Å². The SMILES string of the molecule is CCC1CN(C(=O)c2cccc3[nH]ccc23)CCS1. The molecule has 3 nitrogen and oxygen atoms in total. The van der Waals surface area contributed by atoms with Crippen LogP contribution < -0.4 is 0 Å². The van der Waals surface area contributed by atoms with Crippen molar-refractivity contribution in [3.63, 3.8) is 0 Å². The summed E-state index contributed by atoms with van der Waals surface area (Å²) in [6.45, 7) is 3.93. The van der Waals surface area contributed by atoms with Crippen molar-refractivity contribution >= 4 is 28.6 Å². The van der Waals surface area contributed by atoms with Crippen LogP contribution in [0.15, 0.2) is 30.5 Å². The number of hydrogen-bond acceptors (Lipinski definition) is 2. The highest BCUT2D eigenvalue weighted by Crippen LogP contribution is 2.24. The molecule has 2 aromatic rings. The molecule has 0 bridgehead atoms. The highest BCUT2D eigenvalue weighted by atomic mass is 32.2. The van der Waals surface area contributed by atoms with E-state index in [4.69, 9.17) is 0 Å². The van der Waals surface area contributed by atoms with E-state index in [1.165, 1.54) is 0 Å². The van der Waals surface area contributed by atoms with Gasteiger partial charge in [0.2, 0.25) is 0 Å². The molecule has 1 aromatic carbocycles. The molecule has 1 saturated heterocycles. The average Bonchev–Trinajstić information content (AvgIpc) is 2.95. The number of H-pyrrole nitrogens is 1. The normalized spacial score (nSPS) is 19.8. The van der Waals surface area contributed by atoms with E-state index >= 15 is 0 Å². The van der Waals surface area contributed by atoms with Crippen LogP contribution in [0.2, 0.25) is 0 Å². The van der Waals surface area contributed by atoms with Crippen LogP contribution >= 0.6 is 11.8 Å². The van der Waals surface area contributed by atoms with Gasteiger partial charge < -0.3 is 9.88 Å². The molecular weight excluding hydrogens is 256 g/mol. The maximum atomic E-state index is 12.7. The minimum absolute atomic E-state index is 0.170. The molecule has 1 aromatic heterocycles. The smallest absolute Gasteiger partial charge is 0.254 e. The predicted octanol–water partition coefficient (Wildman–Crippen LogP) is 3.14. The van der Waals surface area contributed by atoms with Crippen molar-refractivity contribution in [3.8, 4) is 0 Å². The molecule has 1 unspecified atom stereocenters. The molecule has 4 heteroatoms. The summed E-state index contributed by atoms with van der Waals surface area (Å²) in [6.07, 6.45) is 3.02. The first-order valence-electron chi connectivity index (χ1n) is 6.76. The first-order valence-corrected chi connectivity index (χ1v) is 7.81. The van der Waals surface area contributed by atoms with Crippen molar-refractivity contribution in [3.05, 3.63) is 36.0 Å². The number of nitrogens with zero attached hydrogens (tertiary/aromatic N) is 1. The minimum Gasteiger partial charge on any atom is -0.361 e. The molecule has 1 amide bonds. The van der Waals surface area contributed by atoms with E-state index in [1.54, 1.807) is 0 Å². The molecule has 1 N–H and O–H groups in total. The fourth-order valence-corrected chi connectivity index (χ4v) is 3.77. The first kappa shape index (κ1) is 12.6. The summed E-state index contributed by atoms with van der Waals surface area (Å²) < 4.78 is 0. The second-order valence-corrected chi connectivity index (χ2v) is 6.30. The number of aromatic amines is 1. The second-order valence-electron chi connectivity index (χ2n) is 4.90. The highest BCUT2D eigenvalue weighted by Gasteiger charge is 2.24. The third kappa shape index (κ3) is 2.37. The Labute approximate surface area is 117 Å². The fourth-order valence-electron chi connectivity index (χ4n) is 2.59. The zero-order valence-electron chi connectivity index (χ0n) is 11.1. The van der Waals surface area contributed by atoms with Crippen molar-refractivity contribution in [1.82, 2.24) is 9.88 Å². The van der Waals surface area contributed by atoms with Crippen molar-refractivity contribution in [2.24, 2.45) is 0 Å². The number of rotatable bonds is 2. The lowest BCUT2D eigenvalue weighted by atomic mass is 10.1. The van der Waals surface area contributed by atoms with E-state index < -0.39 is 0 Å². The molecule has 19 heavy (non-hydrogen) atoms. The summed E-state index contributed by atoms with van der Waals surface area (Å²) in [6, 6.07) is 7.87. The Morgan fingerprint density at radius 2 is 2.37 bits per heavy atom. The van der Waals surface area contributed by atoms with Gasteiger partial charge in [-0.1, -0.05) is 13.0 Å². The Balaban J connectivity index is 1.89. The van der Waals surface area contributed by atoms with Gasteiger partial charge in [0.25, 0.3) is 5.91 Å². The molecule has 0 aliphatic carbocycles. The lowest BCUT2D eigenvalue weighted by Gasteiger charge is -2.32. The van der Waals surface area contributed by atoms with Crippen molar-refractivity contribution in [2.75, 3.05) is 18.8 Å². The molecule has 3 rings (SSSR count). The molecule has 1 fully saturated rings. The van der Waals surface area contributed by atoms with Crippen LogP contribution in [0, 0.1) is 0 Å². The number of fused-ring (bicyclic) bond motifs is 1. The minimum atomic E-state index is 0.170. The topological polar surface area (TPSA) is 36.1 Å². The Morgan fingerprint density at radius 1 is 1.47 bits per heavy atom. The summed E-state index contributed by atoms with van der Waals surface area (Å²) in [5, 5.41) is 1.61. The molecule has 1 atom stereocenters. The number of nitrogens with one attached hydrogen (secondary N) is 1. The zero-order valence-corrected chi connectivity index (χ0v) is 11.9. The molecule has 0 spiro atoms. The molecule has 2 heterocycles. The van der Waals surface area contributed by atoms with Crippen LogP contribution in [-0.2, 0) is 0 Å².